The van der Waals surface area contributed by atoms with Gasteiger partial charge < -0.3 is 9.47 Å². The first kappa shape index (κ1) is 21.3. The Kier molecular flexibility index (Phi) is 6.82. The Labute approximate surface area is 186 Å². The molecule has 1 fully saturated rings. The second-order valence-electron chi connectivity index (χ2n) is 8.51. The van der Waals surface area contributed by atoms with Gasteiger partial charge in [-0.15, -0.1) is 0 Å². The Morgan fingerprint density at radius 2 is 1.00 bits per heavy atom. The lowest BCUT2D eigenvalue weighted by molar-refractivity contribution is 0.157. The molecule has 5 aliphatic rings. The van der Waals surface area contributed by atoms with Crippen molar-refractivity contribution >= 4 is 0 Å². The highest BCUT2D eigenvalue weighted by molar-refractivity contribution is 5.42. The fourth-order valence-electron chi connectivity index (χ4n) is 3.88. The fourth-order valence-corrected chi connectivity index (χ4v) is 3.88. The van der Waals surface area contributed by atoms with Crippen molar-refractivity contribution in [3.05, 3.63) is 59.7 Å². The smallest absolute Gasteiger partial charge is 0.149 e. The second-order valence-corrected chi connectivity index (χ2v) is 8.51. The first-order valence-corrected chi connectivity index (χ1v) is 10.9. The average Bonchev–Trinajstić information content (AvgIpc) is 2.80. The van der Waals surface area contributed by atoms with Gasteiger partial charge in [0.05, 0.1) is 13.1 Å². The van der Waals surface area contributed by atoms with Crippen LogP contribution in [0.15, 0.2) is 48.5 Å². The third kappa shape index (κ3) is 5.61. The van der Waals surface area contributed by atoms with E-state index in [1.807, 2.05) is 24.3 Å². The van der Waals surface area contributed by atoms with Gasteiger partial charge in [0.15, 0.2) is 0 Å². The molecule has 4 nitrogen and oxygen atoms in total. The van der Waals surface area contributed by atoms with Crippen LogP contribution in [0.2, 0.25) is 0 Å². The summed E-state index contributed by atoms with van der Waals surface area (Å²) in [5.41, 5.74) is 2.36. The van der Waals surface area contributed by atoms with E-state index in [9.17, 15) is 0 Å². The number of nitrogens with zero attached hydrogens (tertiary/aromatic N) is 2. The predicted molar refractivity (Wildman–Crippen MR) is 124 cm³/mol. The highest BCUT2D eigenvalue weighted by atomic mass is 16.5. The van der Waals surface area contributed by atoms with E-state index in [1.165, 1.54) is 11.1 Å². The summed E-state index contributed by atoms with van der Waals surface area (Å²) in [6.07, 6.45) is 0. The van der Waals surface area contributed by atoms with Crippen LogP contribution in [0.3, 0.4) is 0 Å². The summed E-state index contributed by atoms with van der Waals surface area (Å²) in [5, 5.41) is 0. The zero-order valence-electron chi connectivity index (χ0n) is 18.5. The molecule has 0 radical (unpaired) electrons. The maximum atomic E-state index is 5.82. The molecule has 4 heteroatoms. The lowest BCUT2D eigenvalue weighted by Crippen LogP contribution is -2.46. The van der Waals surface area contributed by atoms with Crippen LogP contribution >= 0.6 is 0 Å². The summed E-state index contributed by atoms with van der Waals surface area (Å²) >= 11 is 0. The van der Waals surface area contributed by atoms with E-state index >= 15 is 0 Å². The Morgan fingerprint density at radius 3 is 1.39 bits per heavy atom. The number of piperazine rings is 1. The van der Waals surface area contributed by atoms with Gasteiger partial charge in [-0.25, -0.2) is 0 Å². The molecular formula is C27H30N2O2. The van der Waals surface area contributed by atoms with Crippen LogP contribution in [0.1, 0.15) is 25.0 Å². The van der Waals surface area contributed by atoms with E-state index in [2.05, 4.69) is 71.6 Å². The summed E-state index contributed by atoms with van der Waals surface area (Å²) in [6, 6.07) is 16.7. The van der Waals surface area contributed by atoms with E-state index in [0.29, 0.717) is 13.2 Å². The molecule has 2 aromatic rings. The molecule has 31 heavy (non-hydrogen) atoms. The fraction of sp³-hybridized carbons (Fsp3) is 0.407. The lowest BCUT2D eigenvalue weighted by Gasteiger charge is -2.32. The van der Waals surface area contributed by atoms with Crippen molar-refractivity contribution in [3.63, 3.8) is 0 Å². The molecule has 5 heterocycles. The summed E-state index contributed by atoms with van der Waals surface area (Å²) < 4.78 is 11.6. The largest absolute Gasteiger partial charge is 0.481 e. The lowest BCUT2D eigenvalue weighted by atomic mass is 9.78. The third-order valence-electron chi connectivity index (χ3n) is 6.09. The Morgan fingerprint density at radius 1 is 0.613 bits per heavy atom. The van der Waals surface area contributed by atoms with Gasteiger partial charge in [0.2, 0.25) is 0 Å². The molecule has 0 aliphatic carbocycles. The van der Waals surface area contributed by atoms with Crippen molar-refractivity contribution in [2.24, 2.45) is 0 Å². The Balaban J connectivity index is 1.52. The van der Waals surface area contributed by atoms with Crippen molar-refractivity contribution in [1.82, 2.24) is 9.80 Å². The molecular weight excluding hydrogens is 384 g/mol. The molecule has 0 amide bonds. The highest BCUT2D eigenvalue weighted by Gasteiger charge is 2.23. The van der Waals surface area contributed by atoms with Gasteiger partial charge in [0, 0.05) is 31.6 Å². The van der Waals surface area contributed by atoms with Crippen LogP contribution < -0.4 is 9.47 Å². The predicted octanol–water partition coefficient (Wildman–Crippen LogP) is 3.41. The van der Waals surface area contributed by atoms with Gasteiger partial charge >= 0.3 is 0 Å². The van der Waals surface area contributed by atoms with Crippen LogP contribution in [0, 0.1) is 23.7 Å². The zero-order chi connectivity index (χ0) is 21.5. The SMILES string of the molecule is CC1(C)c2ccc(cc2)OCC#CCN2CCN(CC#CCOc3ccc1cc3)CC2. The molecule has 0 aromatic heterocycles. The quantitative estimate of drug-likeness (QED) is 0.617. The molecule has 5 aliphatic heterocycles. The number of hydrogen-bond donors (Lipinski definition) is 0. The molecule has 0 unspecified atom stereocenters. The highest BCUT2D eigenvalue weighted by Crippen LogP contribution is 2.33. The number of benzene rings is 2. The summed E-state index contributed by atoms with van der Waals surface area (Å²) in [4.78, 5) is 4.77. The van der Waals surface area contributed by atoms with E-state index in [-0.39, 0.29) is 5.41 Å². The first-order chi connectivity index (χ1) is 15.1. The van der Waals surface area contributed by atoms with E-state index in [0.717, 1.165) is 50.8 Å². The molecule has 0 spiro atoms. The minimum atomic E-state index is -0.117. The molecule has 2 aromatic carbocycles. The maximum absolute atomic E-state index is 5.82. The van der Waals surface area contributed by atoms with Crippen molar-refractivity contribution in [2.45, 2.75) is 19.3 Å². The molecule has 0 atom stereocenters. The Hall–Kier alpha value is -2.92. The molecule has 1 saturated heterocycles. The van der Waals surface area contributed by atoms with Crippen molar-refractivity contribution in [3.8, 4) is 35.2 Å². The van der Waals surface area contributed by atoms with Gasteiger partial charge in [-0.05, 0) is 35.4 Å². The van der Waals surface area contributed by atoms with Crippen LogP contribution in [0.5, 0.6) is 11.5 Å². The minimum Gasteiger partial charge on any atom is -0.481 e. The van der Waals surface area contributed by atoms with Crippen LogP contribution in [-0.4, -0.2) is 62.3 Å². The van der Waals surface area contributed by atoms with E-state index in [4.69, 9.17) is 9.47 Å². The maximum Gasteiger partial charge on any atom is 0.149 e. The molecule has 0 N–H and O–H groups in total. The normalized spacial score (nSPS) is 22.9. The first-order valence-electron chi connectivity index (χ1n) is 10.9. The number of fused-ring (bicyclic) bond motifs is 3. The zero-order valence-corrected chi connectivity index (χ0v) is 18.5. The van der Waals surface area contributed by atoms with E-state index < -0.39 is 0 Å². The Bertz CT molecular complexity index is 899. The molecule has 0 saturated carbocycles. The number of rotatable bonds is 0. The molecule has 6 bridgehead atoms. The van der Waals surface area contributed by atoms with Gasteiger partial charge in [-0.3, -0.25) is 9.80 Å². The van der Waals surface area contributed by atoms with Crippen molar-refractivity contribution in [1.29, 1.82) is 0 Å². The molecule has 160 valence electrons. The van der Waals surface area contributed by atoms with Crippen LogP contribution in [-0.2, 0) is 5.41 Å². The van der Waals surface area contributed by atoms with Crippen molar-refractivity contribution < 1.29 is 9.47 Å². The summed E-state index contributed by atoms with van der Waals surface area (Å²) in [5.74, 6) is 14.5. The topological polar surface area (TPSA) is 24.9 Å². The minimum absolute atomic E-state index is 0.117. The second kappa shape index (κ2) is 9.92. The summed E-state index contributed by atoms with van der Waals surface area (Å²) in [7, 11) is 0. The summed E-state index contributed by atoms with van der Waals surface area (Å²) in [6.45, 7) is 11.0. The number of hydrogen-bond acceptors (Lipinski definition) is 4. The third-order valence-corrected chi connectivity index (χ3v) is 6.09. The monoisotopic (exact) mass is 414 g/mol. The molecule has 7 rings (SSSR count). The van der Waals surface area contributed by atoms with Gasteiger partial charge in [0.1, 0.15) is 24.7 Å². The standard InChI is InChI=1S/C27H30N2O2/c1-27(2)23-7-11-25(12-8-23)30-21-5-3-15-28-17-19-29(20-18-28)16-4-6-22-31-26-13-9-24(27)10-14-26/h7-14H,15-22H2,1-2H3. The van der Waals surface area contributed by atoms with Crippen LogP contribution in [0.4, 0.5) is 0 Å². The van der Waals surface area contributed by atoms with Gasteiger partial charge in [-0.1, -0.05) is 61.8 Å². The van der Waals surface area contributed by atoms with E-state index in [1.54, 1.807) is 0 Å². The average molecular weight is 415 g/mol. The van der Waals surface area contributed by atoms with Gasteiger partial charge in [0.25, 0.3) is 0 Å². The van der Waals surface area contributed by atoms with Gasteiger partial charge in [-0.2, -0.15) is 0 Å². The van der Waals surface area contributed by atoms with Crippen LogP contribution in [0.25, 0.3) is 0 Å². The van der Waals surface area contributed by atoms with Crippen molar-refractivity contribution in [2.75, 3.05) is 52.5 Å². The number of ether oxygens (including phenoxy) is 2.